The smallest absolute Gasteiger partial charge is 0.255 e. The van der Waals surface area contributed by atoms with Crippen LogP contribution in [-0.2, 0) is 6.54 Å². The number of benzene rings is 1. The number of rotatable bonds is 4. The standard InChI is InChI=1S/C18H19ClN4O/c1-12(2)23-17-14(10-21-23)8-15(9-20-17)18(24)22(3)11-13-6-4-5-7-16(13)19/h4-10,12H,11H2,1-3H3. The molecular weight excluding hydrogens is 324 g/mol. The Kier molecular flexibility index (Phi) is 4.53. The molecule has 0 spiro atoms. The molecule has 0 fully saturated rings. The van der Waals surface area contributed by atoms with Crippen LogP contribution in [0.2, 0.25) is 5.02 Å². The van der Waals surface area contributed by atoms with Crippen molar-refractivity contribution in [3.8, 4) is 0 Å². The minimum absolute atomic E-state index is 0.0957. The molecule has 0 aliphatic carbocycles. The van der Waals surface area contributed by atoms with E-state index < -0.39 is 0 Å². The molecule has 0 N–H and O–H groups in total. The minimum atomic E-state index is -0.0957. The minimum Gasteiger partial charge on any atom is -0.337 e. The molecule has 0 aliphatic rings. The Hall–Kier alpha value is -2.40. The summed E-state index contributed by atoms with van der Waals surface area (Å²) in [7, 11) is 1.76. The SMILES string of the molecule is CC(C)n1ncc2cc(C(=O)N(C)Cc3ccccc3Cl)cnc21. The molecule has 0 aliphatic heterocycles. The molecule has 0 bridgehead atoms. The van der Waals surface area contributed by atoms with Crippen LogP contribution in [0, 0.1) is 0 Å². The van der Waals surface area contributed by atoms with Crippen molar-refractivity contribution in [2.45, 2.75) is 26.4 Å². The molecule has 3 rings (SSSR count). The maximum absolute atomic E-state index is 12.7. The molecule has 3 aromatic rings. The van der Waals surface area contributed by atoms with Crippen molar-refractivity contribution in [2.24, 2.45) is 0 Å². The Morgan fingerprint density at radius 2 is 2.04 bits per heavy atom. The predicted octanol–water partition coefficient (Wildman–Crippen LogP) is 3.94. The second-order valence-electron chi connectivity index (χ2n) is 6.07. The van der Waals surface area contributed by atoms with Crippen molar-refractivity contribution in [1.82, 2.24) is 19.7 Å². The number of amides is 1. The highest BCUT2D eigenvalue weighted by Gasteiger charge is 2.16. The highest BCUT2D eigenvalue weighted by Crippen LogP contribution is 2.20. The lowest BCUT2D eigenvalue weighted by Crippen LogP contribution is -2.26. The van der Waals surface area contributed by atoms with Crippen molar-refractivity contribution < 1.29 is 4.79 Å². The van der Waals surface area contributed by atoms with E-state index in [0.29, 0.717) is 17.1 Å². The van der Waals surface area contributed by atoms with Gasteiger partial charge in [0, 0.05) is 36.2 Å². The van der Waals surface area contributed by atoms with E-state index in [4.69, 9.17) is 11.6 Å². The largest absolute Gasteiger partial charge is 0.337 e. The van der Waals surface area contributed by atoms with Crippen molar-refractivity contribution in [1.29, 1.82) is 0 Å². The second kappa shape index (κ2) is 6.61. The van der Waals surface area contributed by atoms with Gasteiger partial charge < -0.3 is 4.90 Å². The first-order valence-electron chi connectivity index (χ1n) is 7.79. The molecular formula is C18H19ClN4O. The zero-order chi connectivity index (χ0) is 17.3. The van der Waals surface area contributed by atoms with Crippen molar-refractivity contribution >= 4 is 28.5 Å². The number of nitrogens with zero attached hydrogens (tertiary/aromatic N) is 4. The van der Waals surface area contributed by atoms with Crippen LogP contribution in [0.25, 0.3) is 11.0 Å². The van der Waals surface area contributed by atoms with Gasteiger partial charge in [-0.3, -0.25) is 4.79 Å². The second-order valence-corrected chi connectivity index (χ2v) is 6.48. The van der Waals surface area contributed by atoms with Gasteiger partial charge >= 0.3 is 0 Å². The van der Waals surface area contributed by atoms with Crippen LogP contribution >= 0.6 is 11.6 Å². The summed E-state index contributed by atoms with van der Waals surface area (Å²) in [4.78, 5) is 18.7. The van der Waals surface area contributed by atoms with E-state index in [-0.39, 0.29) is 11.9 Å². The van der Waals surface area contributed by atoms with Crippen LogP contribution < -0.4 is 0 Å². The van der Waals surface area contributed by atoms with Gasteiger partial charge in [0.25, 0.3) is 5.91 Å². The third-order valence-corrected chi connectivity index (χ3v) is 4.25. The van der Waals surface area contributed by atoms with Gasteiger partial charge in [-0.05, 0) is 31.5 Å². The van der Waals surface area contributed by atoms with Crippen LogP contribution in [0.1, 0.15) is 35.8 Å². The van der Waals surface area contributed by atoms with Gasteiger partial charge in [0.05, 0.1) is 11.8 Å². The summed E-state index contributed by atoms with van der Waals surface area (Å²) in [6, 6.07) is 9.58. The topological polar surface area (TPSA) is 51.0 Å². The van der Waals surface area contributed by atoms with E-state index in [0.717, 1.165) is 16.6 Å². The molecule has 0 saturated carbocycles. The van der Waals surface area contributed by atoms with Gasteiger partial charge in [-0.25, -0.2) is 9.67 Å². The number of aromatic nitrogens is 3. The van der Waals surface area contributed by atoms with Gasteiger partial charge in [0.1, 0.15) is 0 Å². The van der Waals surface area contributed by atoms with Crippen LogP contribution in [0.3, 0.4) is 0 Å². The van der Waals surface area contributed by atoms with E-state index in [1.54, 1.807) is 24.3 Å². The average Bonchev–Trinajstić information content (AvgIpc) is 2.99. The summed E-state index contributed by atoms with van der Waals surface area (Å²) < 4.78 is 1.84. The molecule has 2 heterocycles. The molecule has 24 heavy (non-hydrogen) atoms. The lowest BCUT2D eigenvalue weighted by Gasteiger charge is -2.18. The predicted molar refractivity (Wildman–Crippen MR) is 95.2 cm³/mol. The zero-order valence-corrected chi connectivity index (χ0v) is 14.7. The van der Waals surface area contributed by atoms with Gasteiger partial charge in [-0.15, -0.1) is 0 Å². The molecule has 0 radical (unpaired) electrons. The average molecular weight is 343 g/mol. The molecule has 2 aromatic heterocycles. The maximum atomic E-state index is 12.7. The molecule has 1 aromatic carbocycles. The fourth-order valence-electron chi connectivity index (χ4n) is 2.61. The lowest BCUT2D eigenvalue weighted by atomic mass is 10.2. The van der Waals surface area contributed by atoms with Crippen molar-refractivity contribution in [2.75, 3.05) is 7.05 Å². The zero-order valence-electron chi connectivity index (χ0n) is 13.9. The number of carbonyl (C=O) groups is 1. The third kappa shape index (κ3) is 3.12. The first-order valence-corrected chi connectivity index (χ1v) is 8.17. The highest BCUT2D eigenvalue weighted by atomic mass is 35.5. The molecule has 0 unspecified atom stereocenters. The summed E-state index contributed by atoms with van der Waals surface area (Å²) in [5, 5.41) is 5.85. The molecule has 124 valence electrons. The van der Waals surface area contributed by atoms with Crippen LogP contribution in [0.4, 0.5) is 0 Å². The first-order chi connectivity index (χ1) is 11.5. The number of halogens is 1. The van der Waals surface area contributed by atoms with Crippen LogP contribution in [0.15, 0.2) is 42.7 Å². The number of hydrogen-bond donors (Lipinski definition) is 0. The van der Waals surface area contributed by atoms with Crippen molar-refractivity contribution in [3.05, 3.63) is 58.9 Å². The number of pyridine rings is 1. The van der Waals surface area contributed by atoms with Crippen molar-refractivity contribution in [3.63, 3.8) is 0 Å². The molecule has 5 nitrogen and oxygen atoms in total. The van der Waals surface area contributed by atoms with E-state index >= 15 is 0 Å². The van der Waals surface area contributed by atoms with Gasteiger partial charge in [-0.2, -0.15) is 5.10 Å². The van der Waals surface area contributed by atoms with E-state index in [9.17, 15) is 4.79 Å². The summed E-state index contributed by atoms with van der Waals surface area (Å²) in [6.07, 6.45) is 3.35. The molecule has 0 atom stereocenters. The molecule has 1 amide bonds. The first kappa shape index (κ1) is 16.5. The fraction of sp³-hybridized carbons (Fsp3) is 0.278. The summed E-state index contributed by atoms with van der Waals surface area (Å²) in [6.45, 7) is 4.54. The van der Waals surface area contributed by atoms with E-state index in [2.05, 4.69) is 10.1 Å². The third-order valence-electron chi connectivity index (χ3n) is 3.88. The number of hydrogen-bond acceptors (Lipinski definition) is 3. The fourth-order valence-corrected chi connectivity index (χ4v) is 2.80. The Balaban J connectivity index is 1.84. The highest BCUT2D eigenvalue weighted by molar-refractivity contribution is 6.31. The van der Waals surface area contributed by atoms with Crippen LogP contribution in [-0.4, -0.2) is 32.6 Å². The van der Waals surface area contributed by atoms with Crippen LogP contribution in [0.5, 0.6) is 0 Å². The maximum Gasteiger partial charge on any atom is 0.255 e. The van der Waals surface area contributed by atoms with E-state index in [1.807, 2.05) is 48.9 Å². The molecule has 6 heteroatoms. The quantitative estimate of drug-likeness (QED) is 0.721. The van der Waals surface area contributed by atoms with Gasteiger partial charge in [0.15, 0.2) is 5.65 Å². The monoisotopic (exact) mass is 342 g/mol. The Morgan fingerprint density at radius 3 is 2.75 bits per heavy atom. The van der Waals surface area contributed by atoms with E-state index in [1.165, 1.54) is 0 Å². The summed E-state index contributed by atoms with van der Waals surface area (Å²) in [5.41, 5.74) is 2.24. The number of carbonyl (C=O) groups excluding carboxylic acids is 1. The number of fused-ring (bicyclic) bond motifs is 1. The normalized spacial score (nSPS) is 11.2. The van der Waals surface area contributed by atoms with Gasteiger partial charge in [0.2, 0.25) is 0 Å². The summed E-state index contributed by atoms with van der Waals surface area (Å²) in [5.74, 6) is -0.0957. The summed E-state index contributed by atoms with van der Waals surface area (Å²) >= 11 is 6.17. The Bertz CT molecular complexity index is 888. The Labute approximate surface area is 145 Å². The molecule has 0 saturated heterocycles. The Morgan fingerprint density at radius 1 is 1.29 bits per heavy atom. The lowest BCUT2D eigenvalue weighted by molar-refractivity contribution is 0.0785. The van der Waals surface area contributed by atoms with Gasteiger partial charge in [-0.1, -0.05) is 29.8 Å².